The van der Waals surface area contributed by atoms with Gasteiger partial charge in [0.15, 0.2) is 11.0 Å². The highest BCUT2D eigenvalue weighted by molar-refractivity contribution is 8.15. The van der Waals surface area contributed by atoms with Crippen LogP contribution in [-0.4, -0.2) is 28.3 Å². The van der Waals surface area contributed by atoms with E-state index in [1.165, 1.54) is 30.1 Å². The Balaban J connectivity index is 1.61. The number of ketones is 1. The van der Waals surface area contributed by atoms with Crippen LogP contribution >= 0.6 is 11.8 Å². The molecule has 0 saturated carbocycles. The molecule has 1 N–H and O–H groups in total. The maximum Gasteiger partial charge on any atom is 0.240 e. The van der Waals surface area contributed by atoms with E-state index < -0.39 is 5.25 Å². The topological polar surface area (TPSA) is 70.9 Å². The van der Waals surface area contributed by atoms with Crippen molar-refractivity contribution in [3.8, 4) is 0 Å². The Labute approximate surface area is 160 Å². The number of rotatable bonds is 5. The van der Waals surface area contributed by atoms with Crippen LogP contribution in [0.2, 0.25) is 0 Å². The van der Waals surface area contributed by atoms with Crippen LogP contribution in [0.5, 0.6) is 0 Å². The van der Waals surface area contributed by atoms with Crippen molar-refractivity contribution in [3.05, 3.63) is 70.5 Å². The van der Waals surface area contributed by atoms with Gasteiger partial charge in [0.25, 0.3) is 0 Å². The number of carbonyl (C=O) groups is 2. The molecule has 1 saturated heterocycles. The molecule has 27 heavy (non-hydrogen) atoms. The van der Waals surface area contributed by atoms with E-state index in [9.17, 15) is 14.0 Å². The summed E-state index contributed by atoms with van der Waals surface area (Å²) < 4.78 is 12.9. The highest BCUT2D eigenvalue weighted by Gasteiger charge is 2.32. The zero-order chi connectivity index (χ0) is 19.4. The summed E-state index contributed by atoms with van der Waals surface area (Å²) in [6, 6.07) is 11.3. The van der Waals surface area contributed by atoms with Crippen molar-refractivity contribution >= 4 is 34.8 Å². The lowest BCUT2D eigenvalue weighted by Gasteiger charge is -2.06. The minimum Gasteiger partial charge on any atom is -0.303 e. The minimum atomic E-state index is -0.529. The molecule has 1 aliphatic rings. The van der Waals surface area contributed by atoms with Gasteiger partial charge in [-0.05, 0) is 48.7 Å². The van der Waals surface area contributed by atoms with E-state index in [2.05, 4.69) is 15.5 Å². The fourth-order valence-electron chi connectivity index (χ4n) is 2.48. The van der Waals surface area contributed by atoms with E-state index in [1.54, 1.807) is 18.2 Å². The number of carbonyl (C=O) groups excluding carboxylic acids is 2. The average Bonchev–Trinajstić information content (AvgIpc) is 2.98. The first-order valence-corrected chi connectivity index (χ1v) is 9.25. The van der Waals surface area contributed by atoms with E-state index in [0.29, 0.717) is 16.3 Å². The van der Waals surface area contributed by atoms with Crippen molar-refractivity contribution in [2.75, 3.05) is 0 Å². The maximum absolute atomic E-state index is 12.9. The molecule has 1 heterocycles. The van der Waals surface area contributed by atoms with Gasteiger partial charge in [-0.1, -0.05) is 36.0 Å². The molecule has 1 amide bonds. The fraction of sp³-hybridized carbons (Fsp3) is 0.200. The van der Waals surface area contributed by atoms with E-state index in [4.69, 9.17) is 0 Å². The van der Waals surface area contributed by atoms with Gasteiger partial charge in [0.1, 0.15) is 5.82 Å². The molecule has 2 aromatic carbocycles. The molecule has 7 heteroatoms. The highest BCUT2D eigenvalue weighted by atomic mass is 32.2. The Morgan fingerprint density at radius 1 is 1.19 bits per heavy atom. The van der Waals surface area contributed by atoms with Crippen LogP contribution in [0.1, 0.15) is 33.5 Å². The molecular weight excluding hydrogens is 365 g/mol. The van der Waals surface area contributed by atoms with Crippen LogP contribution in [0.15, 0.2) is 52.7 Å². The third-order valence-corrected chi connectivity index (χ3v) is 5.27. The number of nitrogens with one attached hydrogen (secondary N) is 1. The first-order valence-electron chi connectivity index (χ1n) is 8.37. The number of hydrogen-bond donors (Lipinski definition) is 1. The summed E-state index contributed by atoms with van der Waals surface area (Å²) in [6.07, 6.45) is 1.56. The van der Waals surface area contributed by atoms with Crippen LogP contribution in [0.25, 0.3) is 0 Å². The van der Waals surface area contributed by atoms with Crippen molar-refractivity contribution in [2.24, 2.45) is 10.2 Å². The molecule has 0 bridgehead atoms. The molecule has 5 nitrogen and oxygen atoms in total. The Morgan fingerprint density at radius 2 is 1.93 bits per heavy atom. The van der Waals surface area contributed by atoms with Crippen LogP contribution < -0.4 is 5.32 Å². The number of hydrogen-bond acceptors (Lipinski definition) is 5. The number of amides is 1. The number of Topliss-reactive ketones (excluding diaryl/α,β-unsaturated/α-hetero) is 1. The molecule has 0 spiro atoms. The summed E-state index contributed by atoms with van der Waals surface area (Å²) in [5, 5.41) is 10.3. The lowest BCUT2D eigenvalue weighted by Crippen LogP contribution is -2.26. The largest absolute Gasteiger partial charge is 0.303 e. The molecule has 1 aliphatic heterocycles. The number of nitrogens with zero attached hydrogens (tertiary/aromatic N) is 2. The molecule has 1 unspecified atom stereocenters. The van der Waals surface area contributed by atoms with E-state index in [-0.39, 0.29) is 23.9 Å². The van der Waals surface area contributed by atoms with Crippen molar-refractivity contribution in [2.45, 2.75) is 25.5 Å². The first kappa shape index (κ1) is 19.0. The van der Waals surface area contributed by atoms with Crippen molar-refractivity contribution in [3.63, 3.8) is 0 Å². The predicted octanol–water partition coefficient (Wildman–Crippen LogP) is 3.64. The second-order valence-corrected chi connectivity index (χ2v) is 7.41. The fourth-order valence-corrected chi connectivity index (χ4v) is 3.41. The standard InChI is InChI=1S/C20H18FN3O2S/c1-12-3-6-15(9-13(12)2)17(25)10-18-19(26)23-20(27-18)24-22-11-14-4-7-16(21)8-5-14/h3-9,11,18H,10H2,1-2H3,(H,23,24,26)/b22-11+. The Kier molecular flexibility index (Phi) is 5.81. The minimum absolute atomic E-state index is 0.0817. The summed E-state index contributed by atoms with van der Waals surface area (Å²) in [6.45, 7) is 3.94. The van der Waals surface area contributed by atoms with E-state index in [0.717, 1.165) is 11.1 Å². The lowest BCUT2D eigenvalue weighted by atomic mass is 10.0. The van der Waals surface area contributed by atoms with Gasteiger partial charge in [-0.15, -0.1) is 5.10 Å². The number of aryl methyl sites for hydroxylation is 2. The van der Waals surface area contributed by atoms with E-state index in [1.807, 2.05) is 26.0 Å². The quantitative estimate of drug-likeness (QED) is 0.487. The number of amidine groups is 1. The molecule has 1 atom stereocenters. The predicted molar refractivity (Wildman–Crippen MR) is 106 cm³/mol. The Hall–Kier alpha value is -2.80. The van der Waals surface area contributed by atoms with Crippen molar-refractivity contribution in [1.82, 2.24) is 5.32 Å². The number of thioether (sulfide) groups is 1. The number of halogens is 1. The SMILES string of the molecule is Cc1ccc(C(=O)CC2S/C(=N\N=C\c3ccc(F)cc3)NC2=O)cc1C. The summed E-state index contributed by atoms with van der Waals surface area (Å²) >= 11 is 1.18. The van der Waals surface area contributed by atoms with Gasteiger partial charge in [0, 0.05) is 12.0 Å². The summed E-state index contributed by atoms with van der Waals surface area (Å²) in [7, 11) is 0. The highest BCUT2D eigenvalue weighted by Crippen LogP contribution is 2.24. The van der Waals surface area contributed by atoms with Crippen molar-refractivity contribution < 1.29 is 14.0 Å². The second kappa shape index (κ2) is 8.26. The molecule has 0 radical (unpaired) electrons. The molecule has 0 aliphatic carbocycles. The third kappa shape index (κ3) is 4.89. The molecule has 2 aromatic rings. The lowest BCUT2D eigenvalue weighted by molar-refractivity contribution is -0.118. The monoisotopic (exact) mass is 383 g/mol. The van der Waals surface area contributed by atoms with Crippen molar-refractivity contribution in [1.29, 1.82) is 0 Å². The summed E-state index contributed by atoms with van der Waals surface area (Å²) in [5.74, 6) is -0.664. The molecule has 1 fully saturated rings. The van der Waals surface area contributed by atoms with Crippen LogP contribution in [0.3, 0.4) is 0 Å². The van der Waals surface area contributed by atoms with Gasteiger partial charge in [0.05, 0.1) is 11.5 Å². The smallest absolute Gasteiger partial charge is 0.240 e. The van der Waals surface area contributed by atoms with Gasteiger partial charge in [-0.25, -0.2) is 4.39 Å². The Morgan fingerprint density at radius 3 is 2.63 bits per heavy atom. The maximum atomic E-state index is 12.9. The normalized spacial score (nSPS) is 18.3. The molecule has 3 rings (SSSR count). The van der Waals surface area contributed by atoms with Crippen LogP contribution in [-0.2, 0) is 4.79 Å². The van der Waals surface area contributed by atoms with Gasteiger partial charge in [-0.2, -0.15) is 5.10 Å². The van der Waals surface area contributed by atoms with Gasteiger partial charge >= 0.3 is 0 Å². The van der Waals surface area contributed by atoms with Crippen LogP contribution in [0.4, 0.5) is 4.39 Å². The van der Waals surface area contributed by atoms with Gasteiger partial charge < -0.3 is 5.32 Å². The average molecular weight is 383 g/mol. The number of benzene rings is 2. The Bertz CT molecular complexity index is 939. The zero-order valence-electron chi connectivity index (χ0n) is 14.9. The second-order valence-electron chi connectivity index (χ2n) is 6.22. The zero-order valence-corrected chi connectivity index (χ0v) is 15.7. The first-order chi connectivity index (χ1) is 12.9. The third-order valence-electron chi connectivity index (χ3n) is 4.20. The molecular formula is C20H18FN3O2S. The molecule has 138 valence electrons. The summed E-state index contributed by atoms with van der Waals surface area (Å²) in [5.41, 5.74) is 3.46. The molecule has 0 aromatic heterocycles. The van der Waals surface area contributed by atoms with Gasteiger partial charge in [-0.3, -0.25) is 9.59 Å². The van der Waals surface area contributed by atoms with Crippen LogP contribution in [0, 0.1) is 19.7 Å². The van der Waals surface area contributed by atoms with Gasteiger partial charge in [0.2, 0.25) is 5.91 Å². The van der Waals surface area contributed by atoms with E-state index >= 15 is 0 Å². The summed E-state index contributed by atoms with van der Waals surface area (Å²) in [4.78, 5) is 24.5.